The quantitative estimate of drug-likeness (QED) is 0.392. The summed E-state index contributed by atoms with van der Waals surface area (Å²) < 4.78 is 67.0. The summed E-state index contributed by atoms with van der Waals surface area (Å²) in [4.78, 5) is 20.4. The monoisotopic (exact) mass is 502 g/mol. The first-order valence-corrected chi connectivity index (χ1v) is 11.9. The van der Waals surface area contributed by atoms with Crippen LogP contribution < -0.4 is 19.8 Å². The first kappa shape index (κ1) is 24.1. The van der Waals surface area contributed by atoms with Crippen LogP contribution in [0.5, 0.6) is 11.6 Å². The fourth-order valence-electron chi connectivity index (χ4n) is 3.28. The molecule has 0 unspecified atom stereocenters. The Labute approximate surface area is 199 Å². The van der Waals surface area contributed by atoms with E-state index in [9.17, 15) is 22.0 Å². The fraction of sp³-hybridized carbons (Fsp3) is 0.174. The number of pyridine rings is 2. The molecule has 12 heteroatoms. The molecule has 0 amide bonds. The van der Waals surface area contributed by atoms with E-state index in [1.54, 1.807) is 12.1 Å². The van der Waals surface area contributed by atoms with Gasteiger partial charge in [0, 0.05) is 29.6 Å². The second kappa shape index (κ2) is 9.66. The number of nitrogens with one attached hydrogen (secondary N) is 1. The second-order valence-corrected chi connectivity index (χ2v) is 9.03. The number of ether oxygens (including phenoxy) is 2. The van der Waals surface area contributed by atoms with Crippen LogP contribution in [0, 0.1) is 11.6 Å². The van der Waals surface area contributed by atoms with Gasteiger partial charge in [0.2, 0.25) is 11.6 Å². The van der Waals surface area contributed by atoms with Gasteiger partial charge in [0.05, 0.1) is 19.9 Å². The topological polar surface area (TPSA) is 112 Å². The predicted molar refractivity (Wildman–Crippen MR) is 124 cm³/mol. The molecule has 1 aromatic carbocycles. The van der Waals surface area contributed by atoms with E-state index in [2.05, 4.69) is 14.7 Å². The molecule has 0 saturated heterocycles. The Morgan fingerprint density at radius 1 is 1.06 bits per heavy atom. The lowest BCUT2D eigenvalue weighted by Gasteiger charge is -2.13. The van der Waals surface area contributed by atoms with Gasteiger partial charge in [-0.05, 0) is 36.8 Å². The number of sulfonamides is 1. The van der Waals surface area contributed by atoms with Gasteiger partial charge in [-0.2, -0.15) is 0 Å². The Kier molecular flexibility index (Phi) is 6.65. The Morgan fingerprint density at radius 2 is 1.86 bits per heavy atom. The average molecular weight is 502 g/mol. The zero-order valence-electron chi connectivity index (χ0n) is 18.7. The summed E-state index contributed by atoms with van der Waals surface area (Å²) >= 11 is 0. The maximum Gasteiger partial charge on any atom is 0.300 e. The summed E-state index contributed by atoms with van der Waals surface area (Å²) in [6.45, 7) is 2.28. The van der Waals surface area contributed by atoms with Crippen LogP contribution in [0.3, 0.4) is 0 Å². The number of benzene rings is 1. The largest absolute Gasteiger partial charge is 0.487 e. The lowest BCUT2D eigenvalue weighted by atomic mass is 10.1. The van der Waals surface area contributed by atoms with Crippen LogP contribution in [-0.4, -0.2) is 36.5 Å². The highest BCUT2D eigenvalue weighted by atomic mass is 32.2. The van der Waals surface area contributed by atoms with E-state index in [0.717, 1.165) is 18.6 Å². The van der Waals surface area contributed by atoms with E-state index in [0.29, 0.717) is 29.4 Å². The summed E-state index contributed by atoms with van der Waals surface area (Å²) in [6, 6.07) is 6.83. The second-order valence-electron chi connectivity index (χ2n) is 7.38. The van der Waals surface area contributed by atoms with Crippen LogP contribution in [0.1, 0.15) is 13.3 Å². The van der Waals surface area contributed by atoms with Crippen molar-refractivity contribution in [3.63, 3.8) is 0 Å². The van der Waals surface area contributed by atoms with Crippen LogP contribution in [0.2, 0.25) is 0 Å². The summed E-state index contributed by atoms with van der Waals surface area (Å²) in [5.41, 5.74) is 0.838. The molecule has 4 rings (SSSR count). The van der Waals surface area contributed by atoms with Crippen LogP contribution in [-0.2, 0) is 10.0 Å². The minimum atomic E-state index is -4.44. The van der Waals surface area contributed by atoms with E-state index in [1.165, 1.54) is 36.2 Å². The molecule has 4 aromatic rings. The molecule has 0 atom stereocenters. The van der Waals surface area contributed by atoms with E-state index >= 15 is 0 Å². The van der Waals surface area contributed by atoms with Crippen LogP contribution in [0.4, 0.5) is 14.5 Å². The molecule has 0 bridgehead atoms. The van der Waals surface area contributed by atoms with Crippen LogP contribution in [0.15, 0.2) is 64.7 Å². The minimum absolute atomic E-state index is 0.0743. The van der Waals surface area contributed by atoms with Crippen molar-refractivity contribution in [3.05, 3.63) is 77.0 Å². The Balaban J connectivity index is 1.75. The summed E-state index contributed by atoms with van der Waals surface area (Å²) in [5, 5.41) is 0. The highest BCUT2D eigenvalue weighted by Crippen LogP contribution is 2.30. The van der Waals surface area contributed by atoms with E-state index in [4.69, 9.17) is 9.47 Å². The van der Waals surface area contributed by atoms with Crippen molar-refractivity contribution in [2.75, 3.05) is 18.4 Å². The number of hydrogen-bond acceptors (Lipinski definition) is 7. The molecule has 35 heavy (non-hydrogen) atoms. The molecule has 3 aromatic heterocycles. The lowest BCUT2D eigenvalue weighted by Crippen LogP contribution is -2.18. The van der Waals surface area contributed by atoms with E-state index < -0.39 is 32.1 Å². The van der Waals surface area contributed by atoms with Crippen molar-refractivity contribution in [1.29, 1.82) is 0 Å². The number of rotatable bonds is 8. The number of nitrogens with zero attached hydrogens (tertiary/aromatic N) is 3. The first-order valence-electron chi connectivity index (χ1n) is 10.4. The van der Waals surface area contributed by atoms with Crippen molar-refractivity contribution >= 4 is 21.4 Å². The Bertz CT molecular complexity index is 1570. The summed E-state index contributed by atoms with van der Waals surface area (Å²) in [6.07, 6.45) is 5.03. The lowest BCUT2D eigenvalue weighted by molar-refractivity contribution is 0.311. The number of methoxy groups -OCH3 is 1. The van der Waals surface area contributed by atoms with Gasteiger partial charge in [-0.15, -0.1) is 0 Å². The Hall–Kier alpha value is -4.06. The number of hydrogen-bond donors (Lipinski definition) is 1. The fourth-order valence-corrected chi connectivity index (χ4v) is 4.39. The van der Waals surface area contributed by atoms with Crippen LogP contribution >= 0.6 is 0 Å². The molecule has 0 fully saturated rings. The van der Waals surface area contributed by atoms with Crippen molar-refractivity contribution < 1.29 is 26.7 Å². The summed E-state index contributed by atoms with van der Waals surface area (Å²) in [7, 11) is -3.15. The van der Waals surface area contributed by atoms with Gasteiger partial charge in [0.25, 0.3) is 15.6 Å². The third-order valence-corrected chi connectivity index (χ3v) is 6.34. The Morgan fingerprint density at radius 3 is 2.57 bits per heavy atom. The molecule has 0 aliphatic carbocycles. The van der Waals surface area contributed by atoms with Gasteiger partial charge in [-0.3, -0.25) is 13.9 Å². The van der Waals surface area contributed by atoms with Gasteiger partial charge in [0.15, 0.2) is 0 Å². The van der Waals surface area contributed by atoms with Gasteiger partial charge in [0.1, 0.15) is 27.9 Å². The predicted octanol–water partition coefficient (Wildman–Crippen LogP) is 3.63. The number of anilines is 1. The molecule has 0 saturated carbocycles. The highest BCUT2D eigenvalue weighted by Gasteiger charge is 2.22. The molecule has 182 valence electrons. The van der Waals surface area contributed by atoms with Crippen molar-refractivity contribution in [2.45, 2.75) is 18.2 Å². The molecule has 3 heterocycles. The molecule has 0 aliphatic heterocycles. The summed E-state index contributed by atoms with van der Waals surface area (Å²) in [5.74, 6) is -2.13. The maximum absolute atomic E-state index is 14.1. The van der Waals surface area contributed by atoms with Gasteiger partial charge in [-0.1, -0.05) is 6.92 Å². The van der Waals surface area contributed by atoms with Crippen molar-refractivity contribution in [3.8, 4) is 22.8 Å². The molecule has 0 spiro atoms. The third-order valence-electron chi connectivity index (χ3n) is 4.94. The third kappa shape index (κ3) is 4.92. The normalized spacial score (nSPS) is 11.4. The molecular formula is C23H20F2N4O5S. The highest BCUT2D eigenvalue weighted by molar-refractivity contribution is 7.92. The number of fused-ring (bicyclic) bond motifs is 1. The van der Waals surface area contributed by atoms with E-state index in [1.807, 2.05) is 6.92 Å². The molecular weight excluding hydrogens is 482 g/mol. The van der Waals surface area contributed by atoms with E-state index in [-0.39, 0.29) is 17.3 Å². The zero-order chi connectivity index (χ0) is 25.2. The van der Waals surface area contributed by atoms with Crippen molar-refractivity contribution in [2.24, 2.45) is 0 Å². The SMILES string of the molecule is CCCOc1cnc2ccc(-c3cnc(OC)c(NS(=O)(=O)c4ccc(F)cc4F)c3)cn2c1=O. The smallest absolute Gasteiger partial charge is 0.300 e. The molecule has 0 aliphatic rings. The molecule has 0 radical (unpaired) electrons. The van der Waals surface area contributed by atoms with Gasteiger partial charge < -0.3 is 9.47 Å². The molecule has 1 N–H and O–H groups in total. The molecule has 9 nitrogen and oxygen atoms in total. The number of halogens is 2. The first-order chi connectivity index (χ1) is 16.7. The van der Waals surface area contributed by atoms with Crippen LogP contribution in [0.25, 0.3) is 16.8 Å². The van der Waals surface area contributed by atoms with Gasteiger partial charge in [-0.25, -0.2) is 27.2 Å². The van der Waals surface area contributed by atoms with Gasteiger partial charge >= 0.3 is 0 Å². The average Bonchev–Trinajstić information content (AvgIpc) is 2.83. The minimum Gasteiger partial charge on any atom is -0.487 e. The number of aromatic nitrogens is 3. The standard InChI is InChI=1S/C23H20F2N4O5S/c1-3-8-34-19-12-26-21-7-4-14(13-29(21)23(19)30)15-9-18(22(33-2)27-11-15)28-35(31,32)20-6-5-16(24)10-17(20)25/h4-7,9-13,28H,3,8H2,1-2H3. The zero-order valence-corrected chi connectivity index (χ0v) is 19.5. The maximum atomic E-state index is 14.1. The van der Waals surface area contributed by atoms with Crippen molar-refractivity contribution in [1.82, 2.24) is 14.4 Å².